The van der Waals surface area contributed by atoms with Gasteiger partial charge in [-0.3, -0.25) is 4.68 Å². The third-order valence-electron chi connectivity index (χ3n) is 2.41. The minimum absolute atomic E-state index is 0.478. The Kier molecular flexibility index (Phi) is 2.93. The predicted octanol–water partition coefficient (Wildman–Crippen LogP) is 0.878. The monoisotopic (exact) mass is 241 g/mol. The van der Waals surface area contributed by atoms with Gasteiger partial charge in [-0.1, -0.05) is 0 Å². The molecule has 7 heteroatoms. The van der Waals surface area contributed by atoms with E-state index in [0.717, 1.165) is 5.56 Å². The highest BCUT2D eigenvalue weighted by Gasteiger charge is 2.28. The minimum Gasteiger partial charge on any atom is -0.325 e. The molecule has 92 valence electrons. The number of alkyl halides is 2. The number of nitrogens with zero attached hydrogens (tertiary/aromatic N) is 4. The highest BCUT2D eigenvalue weighted by atomic mass is 19.3. The summed E-state index contributed by atoms with van der Waals surface area (Å²) in [5, 5.41) is 3.99. The van der Waals surface area contributed by atoms with Crippen LogP contribution in [0.5, 0.6) is 0 Å². The lowest BCUT2D eigenvalue weighted by Crippen LogP contribution is -2.32. The Morgan fingerprint density at radius 1 is 1.41 bits per heavy atom. The topological polar surface area (TPSA) is 61.7 Å². The van der Waals surface area contributed by atoms with Crippen LogP contribution in [0.3, 0.4) is 0 Å². The molecule has 0 spiro atoms. The average molecular weight is 241 g/mol. The first-order valence-corrected chi connectivity index (χ1v) is 5.09. The van der Waals surface area contributed by atoms with E-state index in [-0.39, 0.29) is 0 Å². The van der Waals surface area contributed by atoms with E-state index in [1.54, 1.807) is 24.1 Å². The van der Waals surface area contributed by atoms with Crippen molar-refractivity contribution < 1.29 is 8.78 Å². The summed E-state index contributed by atoms with van der Waals surface area (Å²) in [4.78, 5) is 3.88. The fraction of sp³-hybridized carbons (Fsp3) is 0.400. The first-order chi connectivity index (χ1) is 8.02. The van der Waals surface area contributed by atoms with E-state index in [2.05, 4.69) is 10.1 Å². The molecule has 0 saturated carbocycles. The van der Waals surface area contributed by atoms with Gasteiger partial charge in [-0.05, 0) is 0 Å². The summed E-state index contributed by atoms with van der Waals surface area (Å²) in [5.41, 5.74) is 6.37. The zero-order chi connectivity index (χ0) is 12.5. The van der Waals surface area contributed by atoms with Crippen molar-refractivity contribution in [1.82, 2.24) is 19.3 Å². The van der Waals surface area contributed by atoms with Crippen LogP contribution >= 0.6 is 0 Å². The number of nitrogens with two attached hydrogens (primary N) is 1. The second-order valence-electron chi connectivity index (χ2n) is 3.87. The first kappa shape index (κ1) is 11.7. The Labute approximate surface area is 96.9 Å². The molecule has 2 aromatic rings. The number of aryl methyl sites for hydroxylation is 1. The maximum Gasteiger partial charge on any atom is 0.277 e. The van der Waals surface area contributed by atoms with Crippen LogP contribution in [-0.2, 0) is 13.6 Å². The summed E-state index contributed by atoms with van der Waals surface area (Å²) >= 11 is 0. The molecule has 0 aliphatic carbocycles. The standard InChI is InChI=1S/C10H13F2N5/c1-16-4-8(2-15-16)9-3-14-7-17(9)6-10(11,12)5-13/h2-4,7H,5-6,13H2,1H3. The number of rotatable bonds is 4. The molecule has 0 saturated heterocycles. The van der Waals surface area contributed by atoms with Crippen molar-refractivity contribution in [2.24, 2.45) is 12.8 Å². The fourth-order valence-corrected chi connectivity index (χ4v) is 1.55. The minimum atomic E-state index is -2.93. The molecule has 2 rings (SSSR count). The molecular formula is C10H13F2N5. The average Bonchev–Trinajstić information content (AvgIpc) is 2.86. The van der Waals surface area contributed by atoms with Gasteiger partial charge in [0, 0.05) is 18.8 Å². The third-order valence-corrected chi connectivity index (χ3v) is 2.41. The molecular weight excluding hydrogens is 228 g/mol. The first-order valence-electron chi connectivity index (χ1n) is 5.09. The van der Waals surface area contributed by atoms with Crippen molar-refractivity contribution in [3.05, 3.63) is 24.9 Å². The van der Waals surface area contributed by atoms with E-state index in [4.69, 9.17) is 5.73 Å². The Morgan fingerprint density at radius 2 is 2.18 bits per heavy atom. The summed E-state index contributed by atoms with van der Waals surface area (Å²) in [5.74, 6) is -2.93. The Balaban J connectivity index is 2.29. The highest BCUT2D eigenvalue weighted by molar-refractivity contribution is 5.56. The molecule has 0 atom stereocenters. The molecule has 2 aromatic heterocycles. The quantitative estimate of drug-likeness (QED) is 0.864. The summed E-state index contributed by atoms with van der Waals surface area (Å²) in [6.07, 6.45) is 6.25. The van der Waals surface area contributed by atoms with Gasteiger partial charge in [-0.25, -0.2) is 13.8 Å². The molecule has 2 heterocycles. The van der Waals surface area contributed by atoms with Crippen molar-refractivity contribution in [3.8, 4) is 11.3 Å². The molecule has 0 bridgehead atoms. The molecule has 0 unspecified atom stereocenters. The van der Waals surface area contributed by atoms with Crippen LogP contribution < -0.4 is 5.73 Å². The van der Waals surface area contributed by atoms with Crippen molar-refractivity contribution in [2.45, 2.75) is 12.5 Å². The Hall–Kier alpha value is -1.76. The van der Waals surface area contributed by atoms with Gasteiger partial charge in [0.15, 0.2) is 0 Å². The maximum atomic E-state index is 13.2. The summed E-state index contributed by atoms with van der Waals surface area (Å²) in [7, 11) is 1.76. The second kappa shape index (κ2) is 4.25. The second-order valence-corrected chi connectivity index (χ2v) is 3.87. The summed E-state index contributed by atoms with van der Waals surface area (Å²) in [6, 6.07) is 0. The maximum absolute atomic E-state index is 13.2. The van der Waals surface area contributed by atoms with Crippen molar-refractivity contribution in [2.75, 3.05) is 6.54 Å². The SMILES string of the molecule is Cn1cc(-c2cncn2CC(F)(F)CN)cn1. The van der Waals surface area contributed by atoms with Crippen molar-refractivity contribution in [3.63, 3.8) is 0 Å². The van der Waals surface area contributed by atoms with E-state index in [0.29, 0.717) is 5.69 Å². The zero-order valence-corrected chi connectivity index (χ0v) is 9.35. The van der Waals surface area contributed by atoms with Gasteiger partial charge in [-0.2, -0.15) is 5.10 Å². The van der Waals surface area contributed by atoms with Gasteiger partial charge in [0.2, 0.25) is 0 Å². The third kappa shape index (κ3) is 2.50. The van der Waals surface area contributed by atoms with Crippen LogP contribution in [0.4, 0.5) is 8.78 Å². The van der Waals surface area contributed by atoms with Crippen molar-refractivity contribution in [1.29, 1.82) is 0 Å². The largest absolute Gasteiger partial charge is 0.325 e. The number of halogens is 2. The molecule has 5 nitrogen and oxygen atoms in total. The zero-order valence-electron chi connectivity index (χ0n) is 9.35. The van der Waals surface area contributed by atoms with Crippen LogP contribution in [0.1, 0.15) is 0 Å². The smallest absolute Gasteiger partial charge is 0.277 e. The van der Waals surface area contributed by atoms with Crippen molar-refractivity contribution >= 4 is 0 Å². The lowest BCUT2D eigenvalue weighted by Gasteiger charge is -2.15. The molecule has 0 radical (unpaired) electrons. The van der Waals surface area contributed by atoms with E-state index < -0.39 is 19.0 Å². The lowest BCUT2D eigenvalue weighted by molar-refractivity contribution is -0.00624. The molecule has 0 aliphatic heterocycles. The number of imidazole rings is 1. The van der Waals surface area contributed by atoms with Gasteiger partial charge in [-0.15, -0.1) is 0 Å². The van der Waals surface area contributed by atoms with Gasteiger partial charge in [0.25, 0.3) is 5.92 Å². The summed E-state index contributed by atoms with van der Waals surface area (Å²) in [6.45, 7) is -1.16. The predicted molar refractivity (Wildman–Crippen MR) is 58.4 cm³/mol. The van der Waals surface area contributed by atoms with E-state index in [1.165, 1.54) is 17.1 Å². The number of aromatic nitrogens is 4. The Morgan fingerprint density at radius 3 is 2.76 bits per heavy atom. The highest BCUT2D eigenvalue weighted by Crippen LogP contribution is 2.22. The van der Waals surface area contributed by atoms with Gasteiger partial charge in [0.1, 0.15) is 0 Å². The molecule has 0 aromatic carbocycles. The molecule has 0 aliphatic rings. The van der Waals surface area contributed by atoms with Gasteiger partial charge in [0.05, 0.1) is 37.5 Å². The van der Waals surface area contributed by atoms with E-state index in [1.807, 2.05) is 0 Å². The van der Waals surface area contributed by atoms with E-state index >= 15 is 0 Å². The number of hydrogen-bond acceptors (Lipinski definition) is 3. The Bertz CT molecular complexity index is 502. The van der Waals surface area contributed by atoms with E-state index in [9.17, 15) is 8.78 Å². The molecule has 2 N–H and O–H groups in total. The van der Waals surface area contributed by atoms with Crippen LogP contribution in [-0.4, -0.2) is 31.8 Å². The van der Waals surface area contributed by atoms with Crippen LogP contribution in [0.15, 0.2) is 24.9 Å². The number of hydrogen-bond donors (Lipinski definition) is 1. The van der Waals surface area contributed by atoms with Crippen LogP contribution in [0, 0.1) is 0 Å². The van der Waals surface area contributed by atoms with Gasteiger partial charge < -0.3 is 10.3 Å². The summed E-state index contributed by atoms with van der Waals surface area (Å²) < 4.78 is 29.4. The van der Waals surface area contributed by atoms with Crippen LogP contribution in [0.2, 0.25) is 0 Å². The fourth-order valence-electron chi connectivity index (χ4n) is 1.55. The lowest BCUT2D eigenvalue weighted by atomic mass is 10.2. The normalized spacial score (nSPS) is 12.0. The van der Waals surface area contributed by atoms with Gasteiger partial charge >= 0.3 is 0 Å². The molecule has 0 fully saturated rings. The van der Waals surface area contributed by atoms with Crippen LogP contribution in [0.25, 0.3) is 11.3 Å². The molecule has 0 amide bonds. The molecule has 17 heavy (non-hydrogen) atoms.